The number of imide groups is 1. The molecule has 1 aromatic heterocycles. The van der Waals surface area contributed by atoms with Crippen LogP contribution >= 0.6 is 0 Å². The van der Waals surface area contributed by atoms with Crippen molar-refractivity contribution in [3.63, 3.8) is 0 Å². The molecule has 2 atom stereocenters. The highest BCUT2D eigenvalue weighted by molar-refractivity contribution is 6.08. The number of urea groups is 1. The van der Waals surface area contributed by atoms with Crippen LogP contribution in [0.4, 0.5) is 18.0 Å². The first-order chi connectivity index (χ1) is 18.9. The van der Waals surface area contributed by atoms with Gasteiger partial charge in [-0.3, -0.25) is 25.4 Å². The van der Waals surface area contributed by atoms with Crippen molar-refractivity contribution in [1.29, 1.82) is 0 Å². The number of halogens is 3. The van der Waals surface area contributed by atoms with E-state index < -0.39 is 41.8 Å². The third-order valence-electron chi connectivity index (χ3n) is 6.62. The maximum Gasteiger partial charge on any atom is 0.490 e. The van der Waals surface area contributed by atoms with E-state index in [1.54, 1.807) is 12.1 Å². The number of rotatable bonds is 7. The van der Waals surface area contributed by atoms with Gasteiger partial charge in [-0.1, -0.05) is 30.3 Å². The van der Waals surface area contributed by atoms with Crippen molar-refractivity contribution in [1.82, 2.24) is 21.1 Å². The van der Waals surface area contributed by atoms with Gasteiger partial charge in [0.05, 0.1) is 11.2 Å². The Labute approximate surface area is 225 Å². The van der Waals surface area contributed by atoms with Crippen LogP contribution in [0.1, 0.15) is 23.7 Å². The van der Waals surface area contributed by atoms with Crippen LogP contribution in [-0.4, -0.2) is 41.2 Å². The lowest BCUT2D eigenvalue weighted by molar-refractivity contribution is -0.206. The third kappa shape index (κ3) is 5.02. The summed E-state index contributed by atoms with van der Waals surface area (Å²) in [6.07, 6.45) is -3.93. The second-order valence-corrected chi connectivity index (χ2v) is 9.51. The molecule has 2 aliphatic rings. The van der Waals surface area contributed by atoms with Crippen molar-refractivity contribution < 1.29 is 41.9 Å². The molecule has 5 rings (SSSR count). The van der Waals surface area contributed by atoms with Crippen LogP contribution in [0.2, 0.25) is 0 Å². The first-order valence-corrected chi connectivity index (χ1v) is 12.0. The number of hydroxylamine groups is 1. The highest BCUT2D eigenvalue weighted by atomic mass is 19.4. The summed E-state index contributed by atoms with van der Waals surface area (Å²) >= 11 is 0. The Balaban J connectivity index is 1.41. The van der Waals surface area contributed by atoms with Crippen molar-refractivity contribution in [3.05, 3.63) is 83.2 Å². The minimum atomic E-state index is -5.22. The SMILES string of the molecule is Cc1cc(COc2ccc(C3(COC(=O)C(F)(F)F)C=C(C4(C)NC(=O)NC4=O)NO3)cc2)c2ccccc2n1. The molecule has 0 radical (unpaired) electrons. The standard InChI is InChI=1S/C27H23F3N4O6/c1-15-11-16(19-5-3-4-6-20(19)31-15)13-38-18-9-7-17(8-10-18)26(14-39-23(36)27(28,29)30)12-21(34-40-26)25(2)22(35)32-24(37)33-25/h3-12,34H,13-14H2,1-2H3,(H2,32,33,35,37). The number of alkyl halides is 3. The van der Waals surface area contributed by atoms with E-state index in [0.29, 0.717) is 5.75 Å². The number of aryl methyl sites for hydroxylation is 1. The number of fused-ring (bicyclic) bond motifs is 1. The Morgan fingerprint density at radius 3 is 2.50 bits per heavy atom. The number of nitrogens with one attached hydrogen (secondary N) is 3. The van der Waals surface area contributed by atoms with Crippen LogP contribution in [0.25, 0.3) is 10.9 Å². The first kappa shape index (κ1) is 26.9. The predicted molar refractivity (Wildman–Crippen MR) is 133 cm³/mol. The van der Waals surface area contributed by atoms with Gasteiger partial charge in [0.15, 0.2) is 11.1 Å². The lowest BCUT2D eigenvalue weighted by atomic mass is 9.89. The van der Waals surface area contributed by atoms with E-state index in [2.05, 4.69) is 25.8 Å². The van der Waals surface area contributed by atoms with Gasteiger partial charge in [-0.05, 0) is 49.8 Å². The zero-order chi connectivity index (χ0) is 28.7. The highest BCUT2D eigenvalue weighted by Crippen LogP contribution is 2.37. The number of carbonyl (C=O) groups excluding carboxylic acids is 3. The topological polar surface area (TPSA) is 128 Å². The predicted octanol–water partition coefficient (Wildman–Crippen LogP) is 3.44. The number of pyridine rings is 1. The Kier molecular flexibility index (Phi) is 6.62. The van der Waals surface area contributed by atoms with E-state index in [0.717, 1.165) is 22.2 Å². The van der Waals surface area contributed by atoms with Crippen LogP contribution < -0.4 is 20.9 Å². The number of aromatic nitrogens is 1. The molecule has 0 bridgehead atoms. The van der Waals surface area contributed by atoms with Crippen molar-refractivity contribution in [2.24, 2.45) is 0 Å². The van der Waals surface area contributed by atoms with E-state index in [-0.39, 0.29) is 17.9 Å². The van der Waals surface area contributed by atoms with Gasteiger partial charge in [0, 0.05) is 16.6 Å². The van der Waals surface area contributed by atoms with Crippen molar-refractivity contribution >= 4 is 28.8 Å². The van der Waals surface area contributed by atoms with Gasteiger partial charge in [-0.15, -0.1) is 0 Å². The molecule has 0 spiro atoms. The molecule has 208 valence electrons. The molecule has 2 aliphatic heterocycles. The molecule has 0 aliphatic carbocycles. The molecule has 0 saturated carbocycles. The van der Waals surface area contributed by atoms with E-state index in [1.165, 1.54) is 25.1 Å². The van der Waals surface area contributed by atoms with Crippen LogP contribution in [-0.2, 0) is 31.4 Å². The van der Waals surface area contributed by atoms with Crippen LogP contribution in [0, 0.1) is 6.92 Å². The van der Waals surface area contributed by atoms with Gasteiger partial charge < -0.3 is 14.8 Å². The number of benzene rings is 2. The van der Waals surface area contributed by atoms with Gasteiger partial charge in [0.1, 0.15) is 19.0 Å². The Hall–Kier alpha value is -4.65. The molecule has 3 amide bonds. The number of nitrogens with zero attached hydrogens (tertiary/aromatic N) is 1. The second-order valence-electron chi connectivity index (χ2n) is 9.51. The molecular weight excluding hydrogens is 533 g/mol. The number of hydrogen-bond donors (Lipinski definition) is 3. The van der Waals surface area contributed by atoms with Crippen LogP contribution in [0.15, 0.2) is 66.4 Å². The number of para-hydroxylation sites is 1. The maximum atomic E-state index is 12.9. The summed E-state index contributed by atoms with van der Waals surface area (Å²) < 4.78 is 49.1. The van der Waals surface area contributed by atoms with Crippen molar-refractivity contribution in [3.8, 4) is 5.75 Å². The lowest BCUT2D eigenvalue weighted by Gasteiger charge is -2.26. The number of esters is 1. The van der Waals surface area contributed by atoms with Gasteiger partial charge in [0.2, 0.25) is 0 Å². The van der Waals surface area contributed by atoms with Gasteiger partial charge in [0.25, 0.3) is 5.91 Å². The Bertz CT molecular complexity index is 1540. The molecule has 2 unspecified atom stereocenters. The summed E-state index contributed by atoms with van der Waals surface area (Å²) in [6.45, 7) is 2.62. The zero-order valence-corrected chi connectivity index (χ0v) is 21.2. The molecule has 2 aromatic carbocycles. The maximum absolute atomic E-state index is 12.9. The average molecular weight is 556 g/mol. The third-order valence-corrected chi connectivity index (χ3v) is 6.62. The summed E-state index contributed by atoms with van der Waals surface area (Å²) in [4.78, 5) is 45.7. The smallest absolute Gasteiger partial charge is 0.489 e. The molecule has 3 heterocycles. The molecule has 40 heavy (non-hydrogen) atoms. The van der Waals surface area contributed by atoms with Crippen LogP contribution in [0.3, 0.4) is 0 Å². The summed E-state index contributed by atoms with van der Waals surface area (Å²) in [5.41, 5.74) is 2.06. The highest BCUT2D eigenvalue weighted by Gasteiger charge is 2.52. The molecule has 1 fully saturated rings. The van der Waals surface area contributed by atoms with Gasteiger partial charge >= 0.3 is 18.2 Å². The molecule has 3 aromatic rings. The number of carbonyl (C=O) groups is 3. The monoisotopic (exact) mass is 556 g/mol. The second kappa shape index (κ2) is 9.83. The van der Waals surface area contributed by atoms with Crippen molar-refractivity contribution in [2.75, 3.05) is 6.61 Å². The minimum absolute atomic E-state index is 0.0409. The van der Waals surface area contributed by atoms with Crippen molar-refractivity contribution in [2.45, 2.75) is 37.8 Å². The summed E-state index contributed by atoms with van der Waals surface area (Å²) in [6, 6.07) is 15.0. The zero-order valence-electron chi connectivity index (χ0n) is 21.2. The van der Waals surface area contributed by atoms with E-state index in [1.807, 2.05) is 37.3 Å². The fourth-order valence-electron chi connectivity index (χ4n) is 4.48. The largest absolute Gasteiger partial charge is 0.490 e. The Morgan fingerprint density at radius 2 is 1.82 bits per heavy atom. The lowest BCUT2D eigenvalue weighted by Crippen LogP contribution is -2.48. The summed E-state index contributed by atoms with van der Waals surface area (Å²) in [5.74, 6) is -2.66. The molecule has 13 heteroatoms. The Morgan fingerprint density at radius 1 is 1.10 bits per heavy atom. The average Bonchev–Trinajstić information content (AvgIpc) is 3.47. The number of hydrogen-bond acceptors (Lipinski definition) is 8. The molecule has 3 N–H and O–H groups in total. The number of amides is 3. The molecule has 1 saturated heterocycles. The minimum Gasteiger partial charge on any atom is -0.489 e. The van der Waals surface area contributed by atoms with E-state index in [9.17, 15) is 27.6 Å². The summed E-state index contributed by atoms with van der Waals surface area (Å²) in [5, 5.41) is 5.47. The fraction of sp³-hybridized carbons (Fsp3) is 0.259. The van der Waals surface area contributed by atoms with Crippen LogP contribution in [0.5, 0.6) is 5.75 Å². The molecular formula is C27H23F3N4O6. The van der Waals surface area contributed by atoms with Gasteiger partial charge in [-0.2, -0.15) is 13.2 Å². The van der Waals surface area contributed by atoms with E-state index in [4.69, 9.17) is 9.57 Å². The molecule has 10 nitrogen and oxygen atoms in total. The summed E-state index contributed by atoms with van der Waals surface area (Å²) in [7, 11) is 0. The van der Waals surface area contributed by atoms with Gasteiger partial charge in [-0.25, -0.2) is 9.59 Å². The number of ether oxygens (including phenoxy) is 2. The van der Waals surface area contributed by atoms with E-state index >= 15 is 0 Å². The fourth-order valence-corrected chi connectivity index (χ4v) is 4.48. The first-order valence-electron chi connectivity index (χ1n) is 12.0. The quantitative estimate of drug-likeness (QED) is 0.298. The normalized spacial score (nSPS) is 22.4.